The molecule has 4 rings (SSSR count). The molecule has 0 bridgehead atoms. The molecule has 0 aliphatic heterocycles. The number of hydrogen-bond donors (Lipinski definition) is 1. The number of alkyl halides is 3. The highest BCUT2D eigenvalue weighted by Crippen LogP contribution is 2.31. The number of aromatic nitrogens is 4. The van der Waals surface area contributed by atoms with Crippen molar-refractivity contribution in [1.29, 1.82) is 0 Å². The summed E-state index contributed by atoms with van der Waals surface area (Å²) in [4.78, 5) is 11.2. The molecule has 2 N–H and O–H groups in total. The maximum atomic E-state index is 12.7. The smallest absolute Gasteiger partial charge is 0.416 e. The van der Waals surface area contributed by atoms with Crippen molar-refractivity contribution in [3.63, 3.8) is 0 Å². The van der Waals surface area contributed by atoms with Gasteiger partial charge in [-0.15, -0.1) is 10.2 Å². The summed E-state index contributed by atoms with van der Waals surface area (Å²) in [6.45, 7) is 0.0169. The van der Waals surface area contributed by atoms with Crippen molar-refractivity contribution in [3.8, 4) is 28.7 Å². The zero-order chi connectivity index (χ0) is 23.6. The first-order chi connectivity index (χ1) is 15.7. The van der Waals surface area contributed by atoms with E-state index in [9.17, 15) is 18.0 Å². The molecule has 2 aromatic carbocycles. The molecule has 0 aliphatic rings. The Morgan fingerprint density at radius 3 is 2.55 bits per heavy atom. The molecule has 4 aromatic rings. The highest BCUT2D eigenvalue weighted by molar-refractivity contribution is 5.77. The number of primary amides is 1. The van der Waals surface area contributed by atoms with Crippen LogP contribution in [0.2, 0.25) is 0 Å². The number of ether oxygens (including phenoxy) is 1. The maximum Gasteiger partial charge on any atom is 0.416 e. The fourth-order valence-electron chi connectivity index (χ4n) is 3.17. The zero-order valence-electron chi connectivity index (χ0n) is 17.3. The second-order valence-corrected chi connectivity index (χ2v) is 7.20. The molecule has 0 spiro atoms. The Balaban J connectivity index is 1.53. The van der Waals surface area contributed by atoms with E-state index in [0.29, 0.717) is 22.4 Å². The molecule has 2 heterocycles. The molecule has 0 radical (unpaired) electrons. The van der Waals surface area contributed by atoms with E-state index < -0.39 is 17.6 Å². The largest absolute Gasteiger partial charge is 0.487 e. The van der Waals surface area contributed by atoms with Crippen LogP contribution in [0.5, 0.6) is 5.75 Å². The summed E-state index contributed by atoms with van der Waals surface area (Å²) < 4.78 is 51.2. The van der Waals surface area contributed by atoms with Gasteiger partial charge in [-0.3, -0.25) is 9.48 Å². The van der Waals surface area contributed by atoms with Crippen molar-refractivity contribution in [1.82, 2.24) is 20.0 Å². The highest BCUT2D eigenvalue weighted by Gasteiger charge is 2.30. The molecule has 0 unspecified atom stereocenters. The van der Waals surface area contributed by atoms with Gasteiger partial charge in [-0.1, -0.05) is 12.1 Å². The summed E-state index contributed by atoms with van der Waals surface area (Å²) in [5, 5.41) is 12.3. The van der Waals surface area contributed by atoms with E-state index in [1.165, 1.54) is 18.3 Å². The van der Waals surface area contributed by atoms with Gasteiger partial charge in [-0.2, -0.15) is 18.3 Å². The number of benzene rings is 2. The molecule has 0 aliphatic carbocycles. The third kappa shape index (κ3) is 5.03. The van der Waals surface area contributed by atoms with Gasteiger partial charge < -0.3 is 14.9 Å². The standard InChI is InChI=1S/C22H18F3N5O3/c1-30-18(12-32-16-7-5-15(6-8-16)22(23,24)25)17(11-27-30)21-29-28-20(33-21)14-4-2-3-13(9-14)10-19(26)31/h2-9,11H,10,12H2,1H3,(H2,26,31). The van der Waals surface area contributed by atoms with Crippen LogP contribution in [0, 0.1) is 0 Å². The normalized spacial score (nSPS) is 11.5. The summed E-state index contributed by atoms with van der Waals surface area (Å²) in [6.07, 6.45) is -2.79. The van der Waals surface area contributed by atoms with E-state index in [1.807, 2.05) is 0 Å². The van der Waals surface area contributed by atoms with E-state index in [4.69, 9.17) is 14.9 Å². The van der Waals surface area contributed by atoms with Crippen LogP contribution in [-0.4, -0.2) is 25.9 Å². The average Bonchev–Trinajstić information content (AvgIpc) is 3.38. The summed E-state index contributed by atoms with van der Waals surface area (Å²) >= 11 is 0. The Kier molecular flexibility index (Phi) is 5.86. The van der Waals surface area contributed by atoms with Gasteiger partial charge in [0, 0.05) is 12.6 Å². The topological polar surface area (TPSA) is 109 Å². The van der Waals surface area contributed by atoms with Crippen LogP contribution >= 0.6 is 0 Å². The predicted octanol–water partition coefficient (Wildman–Crippen LogP) is 3.76. The van der Waals surface area contributed by atoms with E-state index in [2.05, 4.69) is 15.3 Å². The molecule has 0 fully saturated rings. The van der Waals surface area contributed by atoms with Crippen LogP contribution in [-0.2, 0) is 31.0 Å². The van der Waals surface area contributed by atoms with Crippen molar-refractivity contribution >= 4 is 5.91 Å². The lowest BCUT2D eigenvalue weighted by Gasteiger charge is -2.10. The van der Waals surface area contributed by atoms with Crippen LogP contribution in [0.4, 0.5) is 13.2 Å². The summed E-state index contributed by atoms with van der Waals surface area (Å²) in [5.41, 5.74) is 6.95. The monoisotopic (exact) mass is 457 g/mol. The lowest BCUT2D eigenvalue weighted by atomic mass is 10.1. The molecule has 1 amide bonds. The minimum atomic E-state index is -4.41. The van der Waals surface area contributed by atoms with Crippen molar-refractivity contribution in [2.24, 2.45) is 12.8 Å². The van der Waals surface area contributed by atoms with Gasteiger partial charge in [-0.05, 0) is 42.0 Å². The van der Waals surface area contributed by atoms with Crippen molar-refractivity contribution < 1.29 is 27.1 Å². The van der Waals surface area contributed by atoms with Gasteiger partial charge in [0.25, 0.3) is 5.89 Å². The Bertz CT molecular complexity index is 1280. The van der Waals surface area contributed by atoms with Crippen LogP contribution in [0.25, 0.3) is 22.9 Å². The molecule has 0 saturated carbocycles. The van der Waals surface area contributed by atoms with Gasteiger partial charge in [0.2, 0.25) is 11.8 Å². The first kappa shape index (κ1) is 22.1. The Morgan fingerprint density at radius 1 is 1.12 bits per heavy atom. The maximum absolute atomic E-state index is 12.7. The number of aryl methyl sites for hydroxylation is 1. The Morgan fingerprint density at radius 2 is 1.85 bits per heavy atom. The molecule has 170 valence electrons. The number of nitrogens with zero attached hydrogens (tertiary/aromatic N) is 4. The number of carbonyl (C=O) groups excluding carboxylic acids is 1. The third-order valence-electron chi connectivity index (χ3n) is 4.83. The quantitative estimate of drug-likeness (QED) is 0.453. The fraction of sp³-hybridized carbons (Fsp3) is 0.182. The molecular weight excluding hydrogens is 439 g/mol. The molecule has 0 atom stereocenters. The number of halogens is 3. The van der Waals surface area contributed by atoms with Gasteiger partial charge >= 0.3 is 6.18 Å². The second-order valence-electron chi connectivity index (χ2n) is 7.20. The fourth-order valence-corrected chi connectivity index (χ4v) is 3.17. The van der Waals surface area contributed by atoms with Crippen LogP contribution in [0.15, 0.2) is 59.1 Å². The van der Waals surface area contributed by atoms with Crippen LogP contribution in [0.1, 0.15) is 16.8 Å². The molecule has 2 aromatic heterocycles. The van der Waals surface area contributed by atoms with E-state index in [0.717, 1.165) is 12.1 Å². The van der Waals surface area contributed by atoms with Gasteiger partial charge in [0.1, 0.15) is 12.4 Å². The summed E-state index contributed by atoms with van der Waals surface area (Å²) in [5.74, 6) is 0.262. The Hall–Kier alpha value is -4.15. The van der Waals surface area contributed by atoms with E-state index in [1.54, 1.807) is 36.0 Å². The number of hydrogen-bond acceptors (Lipinski definition) is 6. The molecule has 8 nitrogen and oxygen atoms in total. The Labute approximate surface area is 185 Å². The highest BCUT2D eigenvalue weighted by atomic mass is 19.4. The lowest BCUT2D eigenvalue weighted by Crippen LogP contribution is -2.13. The molecule has 11 heteroatoms. The van der Waals surface area contributed by atoms with Crippen molar-refractivity contribution in [2.45, 2.75) is 19.2 Å². The zero-order valence-corrected chi connectivity index (χ0v) is 17.3. The summed E-state index contributed by atoms with van der Waals surface area (Å²) in [7, 11) is 1.69. The third-order valence-corrected chi connectivity index (χ3v) is 4.83. The van der Waals surface area contributed by atoms with Crippen LogP contribution in [0.3, 0.4) is 0 Å². The molecule has 0 saturated heterocycles. The minimum absolute atomic E-state index is 0.0169. The first-order valence-electron chi connectivity index (χ1n) is 9.73. The van der Waals surface area contributed by atoms with E-state index in [-0.39, 0.29) is 30.6 Å². The number of rotatable bonds is 7. The number of amides is 1. The second kappa shape index (κ2) is 8.77. The first-order valence-corrected chi connectivity index (χ1v) is 9.73. The van der Waals surface area contributed by atoms with Gasteiger partial charge in [0.15, 0.2) is 0 Å². The SMILES string of the molecule is Cn1ncc(-c2nnc(-c3cccc(CC(N)=O)c3)o2)c1COc1ccc(C(F)(F)F)cc1. The lowest BCUT2D eigenvalue weighted by molar-refractivity contribution is -0.137. The summed E-state index contributed by atoms with van der Waals surface area (Å²) in [6, 6.07) is 11.4. The van der Waals surface area contributed by atoms with Crippen molar-refractivity contribution in [2.75, 3.05) is 0 Å². The van der Waals surface area contributed by atoms with Gasteiger partial charge in [-0.25, -0.2) is 0 Å². The number of carbonyl (C=O) groups is 1. The van der Waals surface area contributed by atoms with Crippen molar-refractivity contribution in [3.05, 3.63) is 71.5 Å². The minimum Gasteiger partial charge on any atom is -0.487 e. The predicted molar refractivity (Wildman–Crippen MR) is 111 cm³/mol. The van der Waals surface area contributed by atoms with Crippen LogP contribution < -0.4 is 10.5 Å². The molecular formula is C22H18F3N5O3. The number of nitrogens with two attached hydrogens (primary N) is 1. The average molecular weight is 457 g/mol. The van der Waals surface area contributed by atoms with E-state index >= 15 is 0 Å². The van der Waals surface area contributed by atoms with Gasteiger partial charge in [0.05, 0.1) is 29.4 Å². The molecule has 33 heavy (non-hydrogen) atoms.